The molecule has 0 spiro atoms. The van der Waals surface area contributed by atoms with Crippen LogP contribution in [-0.2, 0) is 23.9 Å². The number of ketones is 1. The molecule has 7 nitrogen and oxygen atoms in total. The highest BCUT2D eigenvalue weighted by atomic mass is 16.5. The van der Waals surface area contributed by atoms with Crippen molar-refractivity contribution in [2.45, 2.75) is 12.8 Å². The summed E-state index contributed by atoms with van der Waals surface area (Å²) in [5.41, 5.74) is 0. The first-order valence-electron chi connectivity index (χ1n) is 3.52. The molecule has 0 unspecified atom stereocenters. The van der Waals surface area contributed by atoms with Crippen molar-refractivity contribution in [1.82, 2.24) is 0 Å². The molecule has 0 aromatic heterocycles. The lowest BCUT2D eigenvalue weighted by atomic mass is 10.3. The molecule has 0 fully saturated rings. The van der Waals surface area contributed by atoms with Gasteiger partial charge in [0, 0.05) is 0 Å². The van der Waals surface area contributed by atoms with E-state index in [0.29, 0.717) is 0 Å². The number of esters is 1. The van der Waals surface area contributed by atoms with Crippen molar-refractivity contribution in [1.29, 1.82) is 0 Å². The van der Waals surface area contributed by atoms with E-state index in [0.717, 1.165) is 0 Å². The van der Waals surface area contributed by atoms with Gasteiger partial charge in [-0.25, -0.2) is 0 Å². The Morgan fingerprint density at radius 2 is 1.43 bits per heavy atom. The molecule has 14 heavy (non-hydrogen) atoms. The van der Waals surface area contributed by atoms with E-state index in [-0.39, 0.29) is 0 Å². The third kappa shape index (κ3) is 6.77. The summed E-state index contributed by atoms with van der Waals surface area (Å²) < 4.78 is 4.18. The van der Waals surface area contributed by atoms with Crippen molar-refractivity contribution in [3.05, 3.63) is 0 Å². The Hall–Kier alpha value is -1.92. The number of hydrogen-bond donors (Lipinski definition) is 2. The summed E-state index contributed by atoms with van der Waals surface area (Å²) in [5, 5.41) is 16.3. The van der Waals surface area contributed by atoms with Crippen molar-refractivity contribution in [2.24, 2.45) is 0 Å². The summed E-state index contributed by atoms with van der Waals surface area (Å²) in [7, 11) is 0. The first kappa shape index (κ1) is 12.1. The second-order valence-corrected chi connectivity index (χ2v) is 2.34. The fourth-order valence-corrected chi connectivity index (χ4v) is 0.555. The molecule has 0 aromatic carbocycles. The molecule has 0 amide bonds. The minimum atomic E-state index is -1.37. The molecule has 0 aliphatic heterocycles. The topological polar surface area (TPSA) is 118 Å². The van der Waals surface area contributed by atoms with E-state index in [2.05, 4.69) is 4.74 Å². The Morgan fingerprint density at radius 1 is 0.929 bits per heavy atom. The molecule has 7 heteroatoms. The number of ether oxygens (including phenoxy) is 1. The van der Waals surface area contributed by atoms with E-state index >= 15 is 0 Å². The monoisotopic (exact) mass is 204 g/mol. The van der Waals surface area contributed by atoms with Crippen LogP contribution in [0.3, 0.4) is 0 Å². The standard InChI is InChI=1S/C7H8O7/c8-4(1-5(9)10)3-14-7(13)2-6(11)12/h1-3H2,(H,9,10)(H,11,12). The highest BCUT2D eigenvalue weighted by Gasteiger charge is 2.13. The zero-order valence-corrected chi connectivity index (χ0v) is 7.06. The van der Waals surface area contributed by atoms with Gasteiger partial charge < -0.3 is 14.9 Å². The Bertz CT molecular complexity index is 239. The van der Waals surface area contributed by atoms with Crippen molar-refractivity contribution in [3.63, 3.8) is 0 Å². The Labute approximate surface area is 78.3 Å². The largest absolute Gasteiger partial charge is 0.481 e. The average Bonchev–Trinajstić information content (AvgIpc) is 1.98. The van der Waals surface area contributed by atoms with Crippen LogP contribution in [0.2, 0.25) is 0 Å². The number of carboxylic acid groups (broad SMARTS) is 2. The number of aliphatic carboxylic acids is 2. The second kappa shape index (κ2) is 5.68. The molecule has 0 aromatic rings. The quantitative estimate of drug-likeness (QED) is 0.422. The minimum absolute atomic E-state index is 0.710. The van der Waals surface area contributed by atoms with Gasteiger partial charge in [-0.3, -0.25) is 19.2 Å². The van der Waals surface area contributed by atoms with Gasteiger partial charge in [-0.1, -0.05) is 0 Å². The van der Waals surface area contributed by atoms with Gasteiger partial charge in [-0.2, -0.15) is 0 Å². The highest BCUT2D eigenvalue weighted by Crippen LogP contribution is 1.90. The fourth-order valence-electron chi connectivity index (χ4n) is 0.555. The predicted octanol–water partition coefficient (Wildman–Crippen LogP) is -0.952. The Morgan fingerprint density at radius 3 is 1.86 bits per heavy atom. The lowest BCUT2D eigenvalue weighted by molar-refractivity contribution is -0.155. The molecule has 0 atom stereocenters. The second-order valence-electron chi connectivity index (χ2n) is 2.34. The van der Waals surface area contributed by atoms with E-state index in [1.165, 1.54) is 0 Å². The number of carboxylic acids is 2. The highest BCUT2D eigenvalue weighted by molar-refractivity contribution is 5.97. The summed E-state index contributed by atoms with van der Waals surface area (Å²) in [6, 6.07) is 0. The van der Waals surface area contributed by atoms with Gasteiger partial charge in [0.1, 0.15) is 12.8 Å². The maximum Gasteiger partial charge on any atom is 0.317 e. The van der Waals surface area contributed by atoms with Crippen LogP contribution >= 0.6 is 0 Å². The van der Waals surface area contributed by atoms with Crippen LogP contribution < -0.4 is 0 Å². The van der Waals surface area contributed by atoms with E-state index in [1.54, 1.807) is 0 Å². The number of carbonyl (C=O) groups excluding carboxylic acids is 2. The SMILES string of the molecule is O=C(O)CC(=O)COC(=O)CC(=O)O. The molecule has 2 N–H and O–H groups in total. The van der Waals surface area contributed by atoms with Crippen LogP contribution in [0.4, 0.5) is 0 Å². The first-order chi connectivity index (χ1) is 6.41. The van der Waals surface area contributed by atoms with Gasteiger partial charge in [0.25, 0.3) is 0 Å². The predicted molar refractivity (Wildman–Crippen MR) is 40.5 cm³/mol. The van der Waals surface area contributed by atoms with Crippen LogP contribution in [-0.4, -0.2) is 40.5 Å². The van der Waals surface area contributed by atoms with Gasteiger partial charge in [-0.05, 0) is 0 Å². The van der Waals surface area contributed by atoms with E-state index in [9.17, 15) is 19.2 Å². The lowest BCUT2D eigenvalue weighted by Crippen LogP contribution is -2.18. The van der Waals surface area contributed by atoms with E-state index < -0.39 is 43.1 Å². The van der Waals surface area contributed by atoms with Gasteiger partial charge in [0.15, 0.2) is 12.4 Å². The molecular formula is C7H8O7. The summed E-state index contributed by atoms with van der Waals surface area (Å²) >= 11 is 0. The summed E-state index contributed by atoms with van der Waals surface area (Å²) in [6.07, 6.45) is -1.60. The first-order valence-corrected chi connectivity index (χ1v) is 3.52. The van der Waals surface area contributed by atoms with Crippen LogP contribution in [0, 0.1) is 0 Å². The fraction of sp³-hybridized carbons (Fsp3) is 0.429. The van der Waals surface area contributed by atoms with Crippen LogP contribution in [0.5, 0.6) is 0 Å². The van der Waals surface area contributed by atoms with Crippen molar-refractivity contribution in [3.8, 4) is 0 Å². The number of hydrogen-bond acceptors (Lipinski definition) is 5. The zero-order chi connectivity index (χ0) is 11.1. The van der Waals surface area contributed by atoms with Gasteiger partial charge >= 0.3 is 17.9 Å². The minimum Gasteiger partial charge on any atom is -0.481 e. The maximum absolute atomic E-state index is 10.6. The molecule has 0 bridgehead atoms. The lowest BCUT2D eigenvalue weighted by Gasteiger charge is -2.00. The number of rotatable bonds is 6. The third-order valence-electron chi connectivity index (χ3n) is 1.04. The normalized spacial score (nSPS) is 9.14. The molecule has 0 aliphatic rings. The number of carbonyl (C=O) groups is 4. The Kier molecular flexibility index (Phi) is 4.90. The molecule has 78 valence electrons. The van der Waals surface area contributed by atoms with E-state index in [1.807, 2.05) is 0 Å². The maximum atomic E-state index is 10.6. The molecular weight excluding hydrogens is 196 g/mol. The van der Waals surface area contributed by atoms with Crippen molar-refractivity contribution in [2.75, 3.05) is 6.61 Å². The molecule has 0 aliphatic carbocycles. The molecule has 0 heterocycles. The van der Waals surface area contributed by atoms with Crippen LogP contribution in [0.15, 0.2) is 0 Å². The zero-order valence-electron chi connectivity index (χ0n) is 7.06. The van der Waals surface area contributed by atoms with Crippen LogP contribution in [0.1, 0.15) is 12.8 Å². The summed E-state index contributed by atoms with van der Waals surface area (Å²) in [4.78, 5) is 41.1. The third-order valence-corrected chi connectivity index (χ3v) is 1.04. The van der Waals surface area contributed by atoms with E-state index in [4.69, 9.17) is 10.2 Å². The van der Waals surface area contributed by atoms with Crippen LogP contribution in [0.25, 0.3) is 0 Å². The summed E-state index contributed by atoms with van der Waals surface area (Å²) in [5.74, 6) is -4.57. The van der Waals surface area contributed by atoms with Gasteiger partial charge in [0.2, 0.25) is 0 Å². The molecule has 0 saturated carbocycles. The molecule has 0 radical (unpaired) electrons. The smallest absolute Gasteiger partial charge is 0.317 e. The average molecular weight is 204 g/mol. The van der Waals surface area contributed by atoms with Crippen molar-refractivity contribution >= 4 is 23.7 Å². The molecule has 0 saturated heterocycles. The van der Waals surface area contributed by atoms with Crippen molar-refractivity contribution < 1.29 is 34.1 Å². The molecule has 0 rings (SSSR count). The van der Waals surface area contributed by atoms with Gasteiger partial charge in [-0.15, -0.1) is 0 Å². The number of Topliss-reactive ketones (excluding diaryl/α,β-unsaturated/α-hetero) is 1. The summed E-state index contributed by atoms with van der Waals surface area (Å²) in [6.45, 7) is -0.710. The van der Waals surface area contributed by atoms with Gasteiger partial charge in [0.05, 0.1) is 0 Å². The Balaban J connectivity index is 3.72.